The molecule has 12 heteroatoms. The number of hydrogen-bond acceptors (Lipinski definition) is 7. The summed E-state index contributed by atoms with van der Waals surface area (Å²) in [6.07, 6.45) is 5.11. The molecule has 2 N–H and O–H groups in total. The Kier molecular flexibility index (Phi) is 11.3. The number of aliphatic imine (C=N–C) groups is 3. The Morgan fingerprint density at radius 1 is 1.31 bits per heavy atom. The van der Waals surface area contributed by atoms with Crippen LogP contribution in [0.15, 0.2) is 51.9 Å². The molecule has 3 unspecified atom stereocenters. The monoisotopic (exact) mass is 597 g/mol. The summed E-state index contributed by atoms with van der Waals surface area (Å²) in [5, 5.41) is 13.3. The van der Waals surface area contributed by atoms with Crippen molar-refractivity contribution in [1.29, 1.82) is 0 Å². The molecule has 0 fully saturated rings. The predicted octanol–water partition coefficient (Wildman–Crippen LogP) is 4.49. The van der Waals surface area contributed by atoms with Gasteiger partial charge in [0.1, 0.15) is 29.6 Å². The van der Waals surface area contributed by atoms with Crippen molar-refractivity contribution in [3.05, 3.63) is 53.3 Å². The van der Waals surface area contributed by atoms with Gasteiger partial charge in [-0.15, -0.1) is 6.58 Å². The molecule has 1 aliphatic rings. The smallest absolute Gasteiger partial charge is 0.216 e. The van der Waals surface area contributed by atoms with Gasteiger partial charge >= 0.3 is 0 Å². The molecule has 0 aliphatic carbocycles. The molecule has 224 valence electrons. The minimum Gasteiger partial charge on any atom is -0.507 e. The second-order valence-electron chi connectivity index (χ2n) is 10.2. The molecule has 2 amide bonds. The van der Waals surface area contributed by atoms with Crippen LogP contribution in [0.4, 0.5) is 10.2 Å². The van der Waals surface area contributed by atoms with Crippen molar-refractivity contribution in [3.8, 4) is 17.0 Å². The van der Waals surface area contributed by atoms with Crippen molar-refractivity contribution in [1.82, 2.24) is 15.2 Å². The Bertz CT molecular complexity index is 1370. The van der Waals surface area contributed by atoms with Crippen molar-refractivity contribution in [2.45, 2.75) is 52.2 Å². The van der Waals surface area contributed by atoms with Gasteiger partial charge in [-0.1, -0.05) is 37.6 Å². The fourth-order valence-electron chi connectivity index (χ4n) is 5.02. The quantitative estimate of drug-likeness (QED) is 0.152. The summed E-state index contributed by atoms with van der Waals surface area (Å²) in [4.78, 5) is 45.7. The lowest BCUT2D eigenvalue weighted by atomic mass is 9.91. The number of aromatic hydroxyl groups is 1. The molecule has 1 aliphatic heterocycles. The predicted molar refractivity (Wildman–Crippen MR) is 166 cm³/mol. The van der Waals surface area contributed by atoms with Crippen molar-refractivity contribution in [3.63, 3.8) is 0 Å². The largest absolute Gasteiger partial charge is 0.507 e. The van der Waals surface area contributed by atoms with Crippen LogP contribution >= 0.6 is 11.6 Å². The number of benzene rings is 1. The normalized spacial score (nSPS) is 17.4. The van der Waals surface area contributed by atoms with E-state index in [0.29, 0.717) is 49.4 Å². The summed E-state index contributed by atoms with van der Waals surface area (Å²) >= 11 is 6.75. The van der Waals surface area contributed by atoms with Crippen LogP contribution in [0, 0.1) is 11.7 Å². The third-order valence-corrected chi connectivity index (χ3v) is 7.39. The van der Waals surface area contributed by atoms with Crippen LogP contribution in [-0.2, 0) is 9.59 Å². The van der Waals surface area contributed by atoms with Gasteiger partial charge < -0.3 is 15.3 Å². The summed E-state index contributed by atoms with van der Waals surface area (Å²) in [5.74, 6) is -0.484. The van der Waals surface area contributed by atoms with Gasteiger partial charge in [-0.3, -0.25) is 24.5 Å². The number of carbonyl (C=O) groups excluding carboxylic acids is 2. The number of carbonyl (C=O) groups is 2. The molecular weight excluding hydrogens is 561 g/mol. The summed E-state index contributed by atoms with van der Waals surface area (Å²) in [5.41, 5.74) is 0.782. The number of aromatic nitrogens is 1. The highest BCUT2D eigenvalue weighted by atomic mass is 35.5. The Balaban J connectivity index is 2.36. The van der Waals surface area contributed by atoms with E-state index in [1.165, 1.54) is 29.4 Å². The highest BCUT2D eigenvalue weighted by molar-refractivity contribution is 6.33. The Hall–Kier alpha value is -4.12. The van der Waals surface area contributed by atoms with Crippen LogP contribution in [0.5, 0.6) is 5.75 Å². The highest BCUT2D eigenvalue weighted by Gasteiger charge is 2.37. The number of halogens is 2. The first-order chi connectivity index (χ1) is 20.1. The van der Waals surface area contributed by atoms with Crippen molar-refractivity contribution >= 4 is 48.1 Å². The number of anilines is 1. The van der Waals surface area contributed by atoms with E-state index in [2.05, 4.69) is 26.9 Å². The van der Waals surface area contributed by atoms with Gasteiger partial charge in [0, 0.05) is 31.9 Å². The molecular formula is C30H37ClFN7O3. The van der Waals surface area contributed by atoms with Crippen LogP contribution in [0.1, 0.15) is 39.7 Å². The van der Waals surface area contributed by atoms with E-state index in [0.717, 1.165) is 0 Å². The first-order valence-corrected chi connectivity index (χ1v) is 14.0. The van der Waals surface area contributed by atoms with Gasteiger partial charge in [0.25, 0.3) is 0 Å². The van der Waals surface area contributed by atoms with Crippen LogP contribution in [0.2, 0.25) is 5.02 Å². The van der Waals surface area contributed by atoms with E-state index in [4.69, 9.17) is 16.6 Å². The number of amidine groups is 1. The number of pyridine rings is 1. The summed E-state index contributed by atoms with van der Waals surface area (Å²) in [6, 6.07) is 4.27. The Labute approximate surface area is 250 Å². The number of phenolic OH excluding ortho intramolecular Hbond substituents is 1. The lowest BCUT2D eigenvalue weighted by Gasteiger charge is -2.38. The first kappa shape index (κ1) is 32.4. The zero-order valence-electron chi connectivity index (χ0n) is 24.5. The van der Waals surface area contributed by atoms with Crippen molar-refractivity contribution in [2.24, 2.45) is 20.9 Å². The number of nitrogens with zero attached hydrogens (tertiary/aromatic N) is 6. The molecule has 2 heterocycles. The molecule has 3 rings (SSSR count). The van der Waals surface area contributed by atoms with E-state index in [1.807, 2.05) is 25.7 Å². The molecule has 3 atom stereocenters. The van der Waals surface area contributed by atoms with Crippen LogP contribution in [-0.4, -0.2) is 84.0 Å². The van der Waals surface area contributed by atoms with Gasteiger partial charge in [0.05, 0.1) is 33.9 Å². The molecule has 0 spiro atoms. The minimum absolute atomic E-state index is 0.0304. The second-order valence-corrected chi connectivity index (χ2v) is 10.7. The number of nitrogens with one attached hydrogen (secondary N) is 1. The average Bonchev–Trinajstić information content (AvgIpc) is 2.96. The standard InChI is InChI=1S/C30H37ClFN7O3/c1-7-8-12-38(19(4)14-34-16-40)29(33-6)21-13-22(31)27(25-23(32)10-9-11-24(25)42)37-30(21)39(17-41)28-20(5)35-15-36-26(28)18(2)3/h7,9-11,13,15-19,26,28,42H,1,8,12,14H2,2-6H3,(H,34,40)/b33-29+. The number of amides is 2. The van der Waals surface area contributed by atoms with Crippen LogP contribution in [0.25, 0.3) is 11.3 Å². The van der Waals surface area contributed by atoms with Gasteiger partial charge in [0.2, 0.25) is 12.8 Å². The zero-order valence-corrected chi connectivity index (χ0v) is 25.2. The lowest BCUT2D eigenvalue weighted by Crippen LogP contribution is -2.52. The number of phenols is 1. The maximum Gasteiger partial charge on any atom is 0.216 e. The van der Waals surface area contributed by atoms with Gasteiger partial charge in [0.15, 0.2) is 0 Å². The average molecular weight is 598 g/mol. The minimum atomic E-state index is -0.730. The first-order valence-electron chi connectivity index (χ1n) is 13.6. The molecule has 1 aromatic heterocycles. The van der Waals surface area contributed by atoms with Gasteiger partial charge in [-0.05, 0) is 44.4 Å². The fourth-order valence-corrected chi connectivity index (χ4v) is 5.26. The van der Waals surface area contributed by atoms with E-state index in [9.17, 15) is 14.7 Å². The number of rotatable bonds is 13. The summed E-state index contributed by atoms with van der Waals surface area (Å²) < 4.78 is 15.1. The van der Waals surface area contributed by atoms with Gasteiger partial charge in [-0.2, -0.15) is 0 Å². The van der Waals surface area contributed by atoms with E-state index in [-0.39, 0.29) is 45.8 Å². The molecule has 0 saturated carbocycles. The molecule has 0 radical (unpaired) electrons. The van der Waals surface area contributed by atoms with Crippen LogP contribution < -0.4 is 10.2 Å². The van der Waals surface area contributed by atoms with Crippen molar-refractivity contribution in [2.75, 3.05) is 25.0 Å². The third kappa shape index (κ3) is 6.84. The molecule has 2 aromatic rings. The molecule has 0 bridgehead atoms. The van der Waals surface area contributed by atoms with E-state index in [1.54, 1.807) is 26.1 Å². The lowest BCUT2D eigenvalue weighted by molar-refractivity contribution is -0.110. The topological polar surface area (TPSA) is 123 Å². The maximum atomic E-state index is 15.1. The Morgan fingerprint density at radius 3 is 2.64 bits per heavy atom. The van der Waals surface area contributed by atoms with Crippen molar-refractivity contribution < 1.29 is 19.1 Å². The zero-order chi connectivity index (χ0) is 31.0. The van der Waals surface area contributed by atoms with Gasteiger partial charge in [-0.25, -0.2) is 14.4 Å². The fraction of sp³-hybridized carbons (Fsp3) is 0.400. The van der Waals surface area contributed by atoms with E-state index < -0.39 is 11.9 Å². The SMILES string of the molecule is C=CCCN(/C(=N/C)c1cc(Cl)c(-c2c(O)cccc2F)nc1N(C=O)C1C(C)=NC=NC1C(C)C)C(C)CNC=O. The summed E-state index contributed by atoms with van der Waals surface area (Å²) in [6.45, 7) is 12.3. The van der Waals surface area contributed by atoms with Crippen LogP contribution in [0.3, 0.4) is 0 Å². The number of hydrogen-bond donors (Lipinski definition) is 2. The Morgan fingerprint density at radius 2 is 2.05 bits per heavy atom. The van der Waals surface area contributed by atoms with E-state index >= 15 is 4.39 Å². The highest BCUT2D eigenvalue weighted by Crippen LogP contribution is 2.39. The molecule has 42 heavy (non-hydrogen) atoms. The molecule has 0 saturated heterocycles. The second kappa shape index (κ2) is 14.7. The molecule has 10 nitrogen and oxygen atoms in total. The third-order valence-electron chi connectivity index (χ3n) is 7.10. The summed E-state index contributed by atoms with van der Waals surface area (Å²) in [7, 11) is 1.60. The molecule has 1 aromatic carbocycles. The maximum absolute atomic E-state index is 15.1.